The number of ether oxygens (including phenoxy) is 1. The van der Waals surface area contributed by atoms with Gasteiger partial charge in [0.15, 0.2) is 0 Å². The van der Waals surface area contributed by atoms with E-state index in [2.05, 4.69) is 17.6 Å². The molecule has 0 aromatic rings. The van der Waals surface area contributed by atoms with E-state index in [0.29, 0.717) is 5.92 Å². The first kappa shape index (κ1) is 12.3. The van der Waals surface area contributed by atoms with Crippen molar-refractivity contribution < 1.29 is 9.53 Å². The van der Waals surface area contributed by atoms with Crippen LogP contribution >= 0.6 is 0 Å². The largest absolute Gasteiger partial charge is 0.445 e. The van der Waals surface area contributed by atoms with Gasteiger partial charge in [0.05, 0.1) is 0 Å². The number of piperidine rings is 1. The lowest BCUT2D eigenvalue weighted by Crippen LogP contribution is -2.47. The van der Waals surface area contributed by atoms with Crippen LogP contribution in [0.3, 0.4) is 0 Å². The summed E-state index contributed by atoms with van der Waals surface area (Å²) in [5.41, 5.74) is -0.234. The topological polar surface area (TPSA) is 50.4 Å². The van der Waals surface area contributed by atoms with Gasteiger partial charge in [0, 0.05) is 12.1 Å². The molecule has 1 aliphatic heterocycles. The third-order valence-corrected chi connectivity index (χ3v) is 2.49. The summed E-state index contributed by atoms with van der Waals surface area (Å²) < 4.78 is 5.37. The average Bonchev–Trinajstić information content (AvgIpc) is 2.05. The summed E-state index contributed by atoms with van der Waals surface area (Å²) in [4.78, 5) is 11.5. The van der Waals surface area contributed by atoms with Crippen molar-refractivity contribution in [3.63, 3.8) is 0 Å². The number of rotatable bonds is 1. The van der Waals surface area contributed by atoms with E-state index in [1.54, 1.807) is 0 Å². The van der Waals surface area contributed by atoms with Crippen molar-refractivity contribution in [1.82, 2.24) is 10.6 Å². The van der Waals surface area contributed by atoms with Gasteiger partial charge in [0.1, 0.15) is 6.10 Å². The minimum atomic E-state index is -0.317. The van der Waals surface area contributed by atoms with Gasteiger partial charge in [-0.05, 0) is 39.7 Å². The van der Waals surface area contributed by atoms with Gasteiger partial charge in [-0.25, -0.2) is 4.79 Å². The van der Waals surface area contributed by atoms with Crippen molar-refractivity contribution in [3.05, 3.63) is 0 Å². The van der Waals surface area contributed by atoms with Crippen molar-refractivity contribution in [1.29, 1.82) is 0 Å². The second kappa shape index (κ2) is 4.84. The van der Waals surface area contributed by atoms with E-state index in [1.807, 2.05) is 20.8 Å². The maximum Gasteiger partial charge on any atom is 0.407 e. The SMILES string of the molecule is CC1CCNCC1OC(=O)NC(C)(C)C. The molecule has 0 spiro atoms. The zero-order valence-electron chi connectivity index (χ0n) is 10.1. The monoisotopic (exact) mass is 214 g/mol. The highest BCUT2D eigenvalue weighted by Crippen LogP contribution is 2.15. The molecule has 2 atom stereocenters. The van der Waals surface area contributed by atoms with Crippen LogP contribution in [0, 0.1) is 5.92 Å². The van der Waals surface area contributed by atoms with E-state index < -0.39 is 0 Å². The molecule has 88 valence electrons. The molecule has 0 saturated carbocycles. The quantitative estimate of drug-likeness (QED) is 0.695. The smallest absolute Gasteiger partial charge is 0.407 e. The Morgan fingerprint density at radius 2 is 2.13 bits per heavy atom. The molecular weight excluding hydrogens is 192 g/mol. The molecule has 4 heteroatoms. The van der Waals surface area contributed by atoms with E-state index >= 15 is 0 Å². The van der Waals surface area contributed by atoms with Crippen LogP contribution in [0.1, 0.15) is 34.1 Å². The van der Waals surface area contributed by atoms with Crippen LogP contribution in [-0.4, -0.2) is 30.8 Å². The van der Waals surface area contributed by atoms with Gasteiger partial charge in [0.25, 0.3) is 0 Å². The minimum Gasteiger partial charge on any atom is -0.445 e. The van der Waals surface area contributed by atoms with E-state index in [4.69, 9.17) is 4.74 Å². The normalized spacial score (nSPS) is 27.2. The molecule has 1 fully saturated rings. The number of hydrogen-bond acceptors (Lipinski definition) is 3. The molecule has 1 rings (SSSR count). The van der Waals surface area contributed by atoms with Crippen molar-refractivity contribution in [3.8, 4) is 0 Å². The number of carbonyl (C=O) groups is 1. The molecular formula is C11H22N2O2. The van der Waals surface area contributed by atoms with Gasteiger partial charge in [-0.3, -0.25) is 0 Å². The van der Waals surface area contributed by atoms with Crippen LogP contribution in [0.4, 0.5) is 4.79 Å². The fourth-order valence-electron chi connectivity index (χ4n) is 1.59. The predicted octanol–water partition coefficient (Wildman–Crippen LogP) is 1.51. The average molecular weight is 214 g/mol. The number of nitrogens with one attached hydrogen (secondary N) is 2. The lowest BCUT2D eigenvalue weighted by molar-refractivity contribution is 0.0479. The Balaban J connectivity index is 2.36. The van der Waals surface area contributed by atoms with Crippen molar-refractivity contribution >= 4 is 6.09 Å². The zero-order valence-corrected chi connectivity index (χ0v) is 10.1. The van der Waals surface area contributed by atoms with E-state index in [0.717, 1.165) is 19.5 Å². The molecule has 0 aromatic heterocycles. The maximum absolute atomic E-state index is 11.5. The zero-order chi connectivity index (χ0) is 11.5. The first-order chi connectivity index (χ1) is 6.88. The number of amides is 1. The maximum atomic E-state index is 11.5. The van der Waals surface area contributed by atoms with Crippen molar-refractivity contribution in [2.24, 2.45) is 5.92 Å². The van der Waals surface area contributed by atoms with Crippen LogP contribution in [0.2, 0.25) is 0 Å². The van der Waals surface area contributed by atoms with Crippen LogP contribution in [-0.2, 0) is 4.74 Å². The molecule has 0 aromatic carbocycles. The molecule has 2 N–H and O–H groups in total. The molecule has 2 unspecified atom stereocenters. The third-order valence-electron chi connectivity index (χ3n) is 2.49. The summed E-state index contributed by atoms with van der Waals surface area (Å²) in [7, 11) is 0. The molecule has 4 nitrogen and oxygen atoms in total. The van der Waals surface area contributed by atoms with E-state index in [-0.39, 0.29) is 17.7 Å². The molecule has 0 aliphatic carbocycles. The summed E-state index contributed by atoms with van der Waals surface area (Å²) in [5, 5.41) is 6.03. The molecule has 0 bridgehead atoms. The Labute approximate surface area is 91.8 Å². The summed E-state index contributed by atoms with van der Waals surface area (Å²) >= 11 is 0. The van der Waals surface area contributed by atoms with E-state index in [9.17, 15) is 4.79 Å². The Morgan fingerprint density at radius 1 is 1.47 bits per heavy atom. The lowest BCUT2D eigenvalue weighted by atomic mass is 9.97. The number of carbonyl (C=O) groups excluding carboxylic acids is 1. The van der Waals surface area contributed by atoms with Crippen LogP contribution < -0.4 is 10.6 Å². The molecule has 1 saturated heterocycles. The van der Waals surface area contributed by atoms with Gasteiger partial charge >= 0.3 is 6.09 Å². The number of alkyl carbamates (subject to hydrolysis) is 1. The molecule has 1 amide bonds. The highest BCUT2D eigenvalue weighted by atomic mass is 16.6. The second-order valence-corrected chi connectivity index (χ2v) is 5.29. The Morgan fingerprint density at radius 3 is 2.67 bits per heavy atom. The highest BCUT2D eigenvalue weighted by Gasteiger charge is 2.25. The van der Waals surface area contributed by atoms with Crippen LogP contribution in [0.5, 0.6) is 0 Å². The standard InChI is InChI=1S/C11H22N2O2/c1-8-5-6-12-7-9(8)15-10(14)13-11(2,3)4/h8-9,12H,5-7H2,1-4H3,(H,13,14). The first-order valence-electron chi connectivity index (χ1n) is 5.58. The summed E-state index contributed by atoms with van der Waals surface area (Å²) in [6.07, 6.45) is 0.747. The molecule has 0 radical (unpaired) electrons. The molecule has 1 aliphatic rings. The summed E-state index contributed by atoms with van der Waals surface area (Å²) in [5.74, 6) is 0.442. The predicted molar refractivity (Wildman–Crippen MR) is 59.8 cm³/mol. The van der Waals surface area contributed by atoms with Gasteiger partial charge < -0.3 is 15.4 Å². The molecule has 15 heavy (non-hydrogen) atoms. The van der Waals surface area contributed by atoms with Gasteiger partial charge in [-0.15, -0.1) is 0 Å². The van der Waals surface area contributed by atoms with Crippen molar-refractivity contribution in [2.75, 3.05) is 13.1 Å². The third kappa shape index (κ3) is 4.51. The fourth-order valence-corrected chi connectivity index (χ4v) is 1.59. The Hall–Kier alpha value is -0.770. The van der Waals surface area contributed by atoms with Crippen LogP contribution in [0.25, 0.3) is 0 Å². The highest BCUT2D eigenvalue weighted by molar-refractivity contribution is 5.68. The summed E-state index contributed by atoms with van der Waals surface area (Å²) in [6, 6.07) is 0. The van der Waals surface area contributed by atoms with Crippen molar-refractivity contribution in [2.45, 2.75) is 45.8 Å². The van der Waals surface area contributed by atoms with Crippen LogP contribution in [0.15, 0.2) is 0 Å². The van der Waals surface area contributed by atoms with Gasteiger partial charge in [-0.1, -0.05) is 6.92 Å². The number of hydrogen-bond donors (Lipinski definition) is 2. The molecule has 1 heterocycles. The van der Waals surface area contributed by atoms with Gasteiger partial charge in [-0.2, -0.15) is 0 Å². The second-order valence-electron chi connectivity index (χ2n) is 5.29. The first-order valence-corrected chi connectivity index (χ1v) is 5.58. The lowest BCUT2D eigenvalue weighted by Gasteiger charge is -2.30. The Kier molecular flexibility index (Phi) is 3.97. The minimum absolute atomic E-state index is 0.00102. The van der Waals surface area contributed by atoms with Gasteiger partial charge in [0.2, 0.25) is 0 Å². The Bertz CT molecular complexity index is 223. The summed E-state index contributed by atoms with van der Waals surface area (Å²) in [6.45, 7) is 9.72. The van der Waals surface area contributed by atoms with E-state index in [1.165, 1.54) is 0 Å². The fraction of sp³-hybridized carbons (Fsp3) is 0.909.